The topological polar surface area (TPSA) is 55.1 Å². The van der Waals surface area contributed by atoms with E-state index in [9.17, 15) is 0 Å². The minimum absolute atomic E-state index is 0.0481. The van der Waals surface area contributed by atoms with Crippen LogP contribution in [0.4, 0.5) is 17.1 Å². The van der Waals surface area contributed by atoms with E-state index >= 15 is 0 Å². The Bertz CT molecular complexity index is 3660. The standard InChI is InChI=1S/C51H30N4O/c1-2-14-33(15-3-1)49-52-50(41-24-12-22-39-38-21-8-9-26-45(38)56-48(39)41)54-51(53-49)42-30-35(29-34-16-5-6-19-36(34)42)55-43-25-11-18-32-17-10-23-40(46(32)43)47-37-20-7-4-13-31(37)27-28-44(47)55/h1-30H/i1D,2D,3D,14D,15D. The van der Waals surface area contributed by atoms with Crippen molar-refractivity contribution in [1.29, 1.82) is 0 Å². The lowest BCUT2D eigenvalue weighted by Gasteiger charge is -2.34. The van der Waals surface area contributed by atoms with Gasteiger partial charge in [-0.05, 0) is 68.9 Å². The molecule has 56 heavy (non-hydrogen) atoms. The summed E-state index contributed by atoms with van der Waals surface area (Å²) in [5.74, 6) is 0.458. The Morgan fingerprint density at radius 1 is 0.464 bits per heavy atom. The van der Waals surface area contributed by atoms with Gasteiger partial charge < -0.3 is 9.32 Å². The molecule has 0 amide bonds. The highest BCUT2D eigenvalue weighted by molar-refractivity contribution is 6.20. The van der Waals surface area contributed by atoms with Gasteiger partial charge in [-0.3, -0.25) is 0 Å². The van der Waals surface area contributed by atoms with E-state index in [1.807, 2.05) is 60.7 Å². The largest absolute Gasteiger partial charge is 0.455 e. The van der Waals surface area contributed by atoms with Crippen LogP contribution in [0, 0.1) is 0 Å². The van der Waals surface area contributed by atoms with Crippen molar-refractivity contribution in [2.24, 2.45) is 0 Å². The number of anilines is 3. The summed E-state index contributed by atoms with van der Waals surface area (Å²) in [5.41, 5.74) is 7.64. The Morgan fingerprint density at radius 3 is 2.00 bits per heavy atom. The highest BCUT2D eigenvalue weighted by atomic mass is 16.3. The van der Waals surface area contributed by atoms with Gasteiger partial charge in [0.1, 0.15) is 11.2 Å². The van der Waals surface area contributed by atoms with Gasteiger partial charge in [0.15, 0.2) is 17.5 Å². The zero-order valence-corrected chi connectivity index (χ0v) is 29.6. The van der Waals surface area contributed by atoms with Gasteiger partial charge in [0, 0.05) is 38.5 Å². The number of benzene rings is 9. The first-order valence-corrected chi connectivity index (χ1v) is 18.5. The summed E-state index contributed by atoms with van der Waals surface area (Å²) in [6.45, 7) is 0. The lowest BCUT2D eigenvalue weighted by atomic mass is 9.87. The Hall–Kier alpha value is -7.63. The Balaban J connectivity index is 1.17. The van der Waals surface area contributed by atoms with Crippen LogP contribution in [0.25, 0.3) is 99.5 Å². The van der Waals surface area contributed by atoms with Crippen LogP contribution in [-0.2, 0) is 0 Å². The van der Waals surface area contributed by atoms with Gasteiger partial charge in [-0.1, -0.05) is 145 Å². The van der Waals surface area contributed by atoms with Gasteiger partial charge in [0.05, 0.1) is 23.8 Å². The van der Waals surface area contributed by atoms with Crippen molar-refractivity contribution in [3.63, 3.8) is 0 Å². The maximum atomic E-state index is 8.97. The average Bonchev–Trinajstić information content (AvgIpc) is 3.69. The van der Waals surface area contributed by atoms with E-state index in [0.29, 0.717) is 22.3 Å². The number of hydrogen-bond donors (Lipinski definition) is 0. The van der Waals surface area contributed by atoms with Crippen LogP contribution in [0.2, 0.25) is 0 Å². The summed E-state index contributed by atoms with van der Waals surface area (Å²) in [6.07, 6.45) is 0. The Morgan fingerprint density at radius 2 is 1.12 bits per heavy atom. The highest BCUT2D eigenvalue weighted by Gasteiger charge is 2.28. The monoisotopic (exact) mass is 719 g/mol. The molecule has 1 aliphatic heterocycles. The van der Waals surface area contributed by atoms with Crippen molar-refractivity contribution in [2.45, 2.75) is 0 Å². The van der Waals surface area contributed by atoms with Gasteiger partial charge >= 0.3 is 0 Å². The second kappa shape index (κ2) is 11.9. The molecule has 0 radical (unpaired) electrons. The number of hydrogen-bond acceptors (Lipinski definition) is 5. The predicted molar refractivity (Wildman–Crippen MR) is 230 cm³/mol. The summed E-state index contributed by atoms with van der Waals surface area (Å²) >= 11 is 0. The molecule has 5 nitrogen and oxygen atoms in total. The molecule has 2 aromatic heterocycles. The van der Waals surface area contributed by atoms with Crippen molar-refractivity contribution >= 4 is 71.3 Å². The second-order valence-corrected chi connectivity index (χ2v) is 14.0. The van der Waals surface area contributed by atoms with E-state index < -0.39 is 30.2 Å². The molecule has 0 spiro atoms. The zero-order chi connectivity index (χ0) is 41.1. The number of rotatable bonds is 4. The first-order valence-electron chi connectivity index (χ1n) is 21.0. The third kappa shape index (κ3) is 4.58. The summed E-state index contributed by atoms with van der Waals surface area (Å²) in [6, 6.07) is 49.3. The zero-order valence-electron chi connectivity index (χ0n) is 34.6. The van der Waals surface area contributed by atoms with Gasteiger partial charge in [-0.2, -0.15) is 0 Å². The number of fused-ring (bicyclic) bond motifs is 8. The fraction of sp³-hybridized carbons (Fsp3) is 0. The molecule has 0 atom stereocenters. The summed E-state index contributed by atoms with van der Waals surface area (Å²) < 4.78 is 49.8. The van der Waals surface area contributed by atoms with Crippen molar-refractivity contribution < 1.29 is 11.3 Å². The van der Waals surface area contributed by atoms with Gasteiger partial charge in [0.25, 0.3) is 0 Å². The number of para-hydroxylation sites is 2. The SMILES string of the molecule is [2H]c1c([2H])c([2H])c(-c2nc(-c3cc(N4c5ccc6ccccc6c5-c5cccc6cccc4c56)cc4ccccc34)nc(-c3cccc4c3oc3ccccc34)n2)c([2H])c1[2H]. The predicted octanol–water partition coefficient (Wildman–Crippen LogP) is 13.7. The molecule has 0 aliphatic carbocycles. The van der Waals surface area contributed by atoms with Crippen LogP contribution >= 0.6 is 0 Å². The normalized spacial score (nSPS) is 13.5. The van der Waals surface area contributed by atoms with E-state index in [4.69, 9.17) is 26.2 Å². The average molecular weight is 720 g/mol. The van der Waals surface area contributed by atoms with Gasteiger partial charge in [-0.25, -0.2) is 15.0 Å². The fourth-order valence-electron chi connectivity index (χ4n) is 8.48. The Labute approximate surface area is 328 Å². The minimum atomic E-state index is -0.495. The molecule has 0 saturated carbocycles. The van der Waals surface area contributed by atoms with E-state index in [1.165, 1.54) is 5.56 Å². The van der Waals surface area contributed by atoms with Crippen LogP contribution < -0.4 is 4.90 Å². The lowest BCUT2D eigenvalue weighted by molar-refractivity contribution is 0.669. The molecule has 11 aromatic rings. The van der Waals surface area contributed by atoms with Gasteiger partial charge in [0.2, 0.25) is 0 Å². The molecule has 9 aromatic carbocycles. The molecule has 5 heteroatoms. The fourth-order valence-corrected chi connectivity index (χ4v) is 8.48. The maximum Gasteiger partial charge on any atom is 0.167 e. The Kier molecular flexibility index (Phi) is 5.58. The first kappa shape index (κ1) is 26.2. The molecular formula is C51H30N4O. The van der Waals surface area contributed by atoms with Crippen molar-refractivity contribution in [2.75, 3.05) is 4.90 Å². The summed E-state index contributed by atoms with van der Waals surface area (Å²) in [4.78, 5) is 17.4. The van der Waals surface area contributed by atoms with Crippen molar-refractivity contribution in [1.82, 2.24) is 15.0 Å². The van der Waals surface area contributed by atoms with E-state index in [-0.39, 0.29) is 23.0 Å². The van der Waals surface area contributed by atoms with Crippen LogP contribution in [0.1, 0.15) is 6.85 Å². The number of nitrogens with zero attached hydrogens (tertiary/aromatic N) is 4. The maximum absolute atomic E-state index is 8.97. The van der Waals surface area contributed by atoms with E-state index in [0.717, 1.165) is 65.7 Å². The second-order valence-electron chi connectivity index (χ2n) is 14.0. The molecular weight excluding hydrogens is 685 g/mol. The number of aromatic nitrogens is 3. The quantitative estimate of drug-likeness (QED) is 0.181. The third-order valence-corrected chi connectivity index (χ3v) is 10.9. The number of furan rings is 1. The van der Waals surface area contributed by atoms with Crippen LogP contribution in [-0.4, -0.2) is 15.0 Å². The minimum Gasteiger partial charge on any atom is -0.455 e. The molecule has 12 rings (SSSR count). The molecule has 0 unspecified atom stereocenters. The van der Waals surface area contributed by atoms with Crippen LogP contribution in [0.5, 0.6) is 0 Å². The lowest BCUT2D eigenvalue weighted by Crippen LogP contribution is -2.15. The highest BCUT2D eigenvalue weighted by Crippen LogP contribution is 2.53. The van der Waals surface area contributed by atoms with Crippen molar-refractivity contribution in [3.05, 3.63) is 182 Å². The molecule has 0 fully saturated rings. The van der Waals surface area contributed by atoms with Gasteiger partial charge in [-0.15, -0.1) is 0 Å². The van der Waals surface area contributed by atoms with Crippen LogP contribution in [0.3, 0.4) is 0 Å². The van der Waals surface area contributed by atoms with Crippen molar-refractivity contribution in [3.8, 4) is 45.3 Å². The third-order valence-electron chi connectivity index (χ3n) is 10.9. The summed E-state index contributed by atoms with van der Waals surface area (Å²) in [7, 11) is 0. The van der Waals surface area contributed by atoms with E-state index in [2.05, 4.69) is 95.9 Å². The molecule has 260 valence electrons. The first-order chi connectivity index (χ1) is 29.8. The molecule has 3 heterocycles. The molecule has 0 N–H and O–H groups in total. The molecule has 1 aliphatic rings. The smallest absolute Gasteiger partial charge is 0.167 e. The van der Waals surface area contributed by atoms with Crippen LogP contribution in [0.15, 0.2) is 186 Å². The van der Waals surface area contributed by atoms with E-state index in [1.54, 1.807) is 0 Å². The molecule has 0 saturated heterocycles. The summed E-state index contributed by atoms with van der Waals surface area (Å²) in [5, 5.41) is 8.19. The molecule has 0 bridgehead atoms.